The van der Waals surface area contributed by atoms with Crippen LogP contribution in [0.1, 0.15) is 5.56 Å². The first-order chi connectivity index (χ1) is 9.61. The van der Waals surface area contributed by atoms with Gasteiger partial charge in [-0.05, 0) is 42.5 Å². The summed E-state index contributed by atoms with van der Waals surface area (Å²) >= 11 is 17.3. The first-order valence-electron chi connectivity index (χ1n) is 5.71. The number of H-pyrrole nitrogens is 1. The molecular weight excluding hydrogens is 313 g/mol. The lowest BCUT2D eigenvalue weighted by Gasteiger charge is -2.06. The van der Waals surface area contributed by atoms with E-state index in [1.807, 2.05) is 22.8 Å². The third-order valence-electron chi connectivity index (χ3n) is 3.00. The molecule has 0 unspecified atom stereocenters. The normalized spacial score (nSPS) is 10.7. The molecule has 6 heteroatoms. The molecule has 98 valence electrons. The number of halogens is 2. The summed E-state index contributed by atoms with van der Waals surface area (Å²) in [6.07, 6.45) is 0. The number of nitrogens with one attached hydrogen (secondary N) is 1. The first-order valence-corrected chi connectivity index (χ1v) is 6.87. The number of nitrogens with zero attached hydrogens (tertiary/aromatic N) is 2. The summed E-state index contributed by atoms with van der Waals surface area (Å²) < 4.78 is 2.33. The molecule has 0 bridgehead atoms. The van der Waals surface area contributed by atoms with E-state index >= 15 is 0 Å². The third-order valence-corrected chi connectivity index (χ3v) is 4.02. The van der Waals surface area contributed by atoms with E-state index in [-0.39, 0.29) is 0 Å². The smallest absolute Gasteiger partial charge is 0.182 e. The van der Waals surface area contributed by atoms with Gasteiger partial charge in [-0.1, -0.05) is 29.3 Å². The van der Waals surface area contributed by atoms with Gasteiger partial charge in [0.2, 0.25) is 0 Å². The quantitative estimate of drug-likeness (QED) is 0.650. The standard InChI is InChI=1S/C14H7Cl2N3S/c15-10-5-4-9(6-11(10)16)19-12-3-1-2-8(7-17)13(12)18-14(19)20/h1-6H,(H,18,20). The molecule has 3 rings (SSSR count). The van der Waals surface area contributed by atoms with E-state index in [9.17, 15) is 0 Å². The van der Waals surface area contributed by atoms with Crippen LogP contribution in [0.3, 0.4) is 0 Å². The fourth-order valence-electron chi connectivity index (χ4n) is 2.10. The van der Waals surface area contributed by atoms with E-state index in [1.54, 1.807) is 18.2 Å². The van der Waals surface area contributed by atoms with Gasteiger partial charge >= 0.3 is 0 Å². The van der Waals surface area contributed by atoms with Crippen molar-refractivity contribution in [2.45, 2.75) is 0 Å². The van der Waals surface area contributed by atoms with Crippen LogP contribution in [0.2, 0.25) is 10.0 Å². The molecule has 3 aromatic rings. The van der Waals surface area contributed by atoms with E-state index in [2.05, 4.69) is 11.1 Å². The Labute approximate surface area is 130 Å². The minimum absolute atomic E-state index is 0.455. The number of benzene rings is 2. The lowest BCUT2D eigenvalue weighted by atomic mass is 10.2. The number of para-hydroxylation sites is 1. The fraction of sp³-hybridized carbons (Fsp3) is 0. The molecule has 1 N–H and O–H groups in total. The summed E-state index contributed by atoms with van der Waals surface area (Å²) in [5, 5.41) is 10.1. The zero-order valence-electron chi connectivity index (χ0n) is 10.0. The number of hydrogen-bond acceptors (Lipinski definition) is 2. The Hall–Kier alpha value is -1.80. The molecule has 0 aliphatic carbocycles. The average Bonchev–Trinajstić information content (AvgIpc) is 2.78. The molecule has 20 heavy (non-hydrogen) atoms. The zero-order valence-corrected chi connectivity index (χ0v) is 12.4. The van der Waals surface area contributed by atoms with Gasteiger partial charge in [0.15, 0.2) is 4.77 Å². The highest BCUT2D eigenvalue weighted by Crippen LogP contribution is 2.27. The van der Waals surface area contributed by atoms with Crippen molar-refractivity contribution < 1.29 is 0 Å². The Morgan fingerprint density at radius 1 is 1.15 bits per heavy atom. The highest BCUT2D eigenvalue weighted by Gasteiger charge is 2.10. The van der Waals surface area contributed by atoms with Crippen LogP contribution in [0.5, 0.6) is 0 Å². The lowest BCUT2D eigenvalue weighted by Crippen LogP contribution is -1.93. The van der Waals surface area contributed by atoms with Gasteiger partial charge in [0.1, 0.15) is 6.07 Å². The van der Waals surface area contributed by atoms with Gasteiger partial charge in [-0.3, -0.25) is 4.57 Å². The minimum atomic E-state index is 0.455. The Morgan fingerprint density at radius 2 is 1.95 bits per heavy atom. The molecule has 0 aliphatic rings. The van der Waals surface area contributed by atoms with Crippen molar-refractivity contribution in [3.8, 4) is 11.8 Å². The third kappa shape index (κ3) is 2.01. The van der Waals surface area contributed by atoms with Crippen LogP contribution in [-0.4, -0.2) is 9.55 Å². The van der Waals surface area contributed by atoms with Gasteiger partial charge < -0.3 is 4.98 Å². The molecular formula is C14H7Cl2N3S. The maximum Gasteiger partial charge on any atom is 0.182 e. The molecule has 0 aliphatic heterocycles. The van der Waals surface area contributed by atoms with Gasteiger partial charge in [-0.2, -0.15) is 5.26 Å². The van der Waals surface area contributed by atoms with Crippen LogP contribution >= 0.6 is 35.4 Å². The number of fused-ring (bicyclic) bond motifs is 1. The van der Waals surface area contributed by atoms with E-state index in [0.29, 0.717) is 25.9 Å². The Bertz CT molecular complexity index is 918. The largest absolute Gasteiger partial charge is 0.329 e. The van der Waals surface area contributed by atoms with Gasteiger partial charge in [0, 0.05) is 0 Å². The van der Waals surface area contributed by atoms with E-state index in [0.717, 1.165) is 11.2 Å². The van der Waals surface area contributed by atoms with Crippen molar-refractivity contribution >= 4 is 46.5 Å². The molecule has 0 atom stereocenters. The van der Waals surface area contributed by atoms with Gasteiger partial charge in [0.25, 0.3) is 0 Å². The molecule has 0 saturated heterocycles. The van der Waals surface area contributed by atoms with Crippen molar-refractivity contribution in [3.63, 3.8) is 0 Å². The van der Waals surface area contributed by atoms with Crippen LogP contribution < -0.4 is 0 Å². The summed E-state index contributed by atoms with van der Waals surface area (Å²) in [6, 6.07) is 12.9. The number of imidazole rings is 1. The second-order valence-corrected chi connectivity index (χ2v) is 5.38. The van der Waals surface area contributed by atoms with Crippen LogP contribution in [0.15, 0.2) is 36.4 Å². The molecule has 0 amide bonds. The van der Waals surface area contributed by atoms with Gasteiger partial charge in [0.05, 0.1) is 32.3 Å². The average molecular weight is 320 g/mol. The van der Waals surface area contributed by atoms with Crippen LogP contribution in [0, 0.1) is 16.1 Å². The second-order valence-electron chi connectivity index (χ2n) is 4.18. The number of rotatable bonds is 1. The number of aromatic nitrogens is 2. The van der Waals surface area contributed by atoms with Crippen molar-refractivity contribution in [2.75, 3.05) is 0 Å². The van der Waals surface area contributed by atoms with Crippen LogP contribution in [0.25, 0.3) is 16.7 Å². The Kier molecular flexibility index (Phi) is 3.27. The molecule has 0 radical (unpaired) electrons. The first kappa shape index (κ1) is 13.2. The van der Waals surface area contributed by atoms with E-state index in [4.69, 9.17) is 40.7 Å². The summed E-state index contributed by atoms with van der Waals surface area (Å²) in [5.41, 5.74) is 2.89. The Morgan fingerprint density at radius 3 is 2.65 bits per heavy atom. The maximum atomic E-state index is 9.14. The molecule has 1 aromatic heterocycles. The number of nitriles is 1. The number of hydrogen-bond donors (Lipinski definition) is 1. The lowest BCUT2D eigenvalue weighted by molar-refractivity contribution is 1.07. The molecule has 1 heterocycles. The molecule has 3 nitrogen and oxygen atoms in total. The topological polar surface area (TPSA) is 44.5 Å². The molecule has 0 fully saturated rings. The van der Waals surface area contributed by atoms with Gasteiger partial charge in [-0.25, -0.2) is 0 Å². The second kappa shape index (κ2) is 4.95. The number of aromatic amines is 1. The Balaban J connectivity index is 2.37. The summed E-state index contributed by atoms with van der Waals surface area (Å²) in [7, 11) is 0. The molecule has 2 aromatic carbocycles. The summed E-state index contributed by atoms with van der Waals surface area (Å²) in [4.78, 5) is 3.06. The van der Waals surface area contributed by atoms with E-state index < -0.39 is 0 Å². The molecule has 0 saturated carbocycles. The molecule has 0 spiro atoms. The van der Waals surface area contributed by atoms with Crippen LogP contribution in [-0.2, 0) is 0 Å². The van der Waals surface area contributed by atoms with Crippen molar-refractivity contribution in [3.05, 3.63) is 56.8 Å². The minimum Gasteiger partial charge on any atom is -0.329 e. The highest BCUT2D eigenvalue weighted by molar-refractivity contribution is 7.71. The van der Waals surface area contributed by atoms with Crippen molar-refractivity contribution in [1.29, 1.82) is 5.26 Å². The van der Waals surface area contributed by atoms with E-state index in [1.165, 1.54) is 0 Å². The predicted molar refractivity (Wildman–Crippen MR) is 83.2 cm³/mol. The van der Waals surface area contributed by atoms with Crippen molar-refractivity contribution in [2.24, 2.45) is 0 Å². The summed E-state index contributed by atoms with van der Waals surface area (Å²) in [5.74, 6) is 0. The van der Waals surface area contributed by atoms with Gasteiger partial charge in [-0.15, -0.1) is 0 Å². The zero-order chi connectivity index (χ0) is 14.3. The SMILES string of the molecule is N#Cc1cccc2c1[nH]c(=S)n2-c1ccc(Cl)c(Cl)c1. The predicted octanol–water partition coefficient (Wildman–Crippen LogP) is 4.87. The summed E-state index contributed by atoms with van der Waals surface area (Å²) in [6.45, 7) is 0. The van der Waals surface area contributed by atoms with Crippen LogP contribution in [0.4, 0.5) is 0 Å². The maximum absolute atomic E-state index is 9.14. The highest BCUT2D eigenvalue weighted by atomic mass is 35.5. The fourth-order valence-corrected chi connectivity index (χ4v) is 2.70. The monoisotopic (exact) mass is 319 g/mol. The van der Waals surface area contributed by atoms with Crippen molar-refractivity contribution in [1.82, 2.24) is 9.55 Å².